The molecule has 0 N–H and O–H groups in total. The minimum absolute atomic E-state index is 0.654. The predicted octanol–water partition coefficient (Wildman–Crippen LogP) is 2.46. The van der Waals surface area contributed by atoms with Crippen LogP contribution in [0.4, 0.5) is 0 Å². The van der Waals surface area contributed by atoms with E-state index in [1.807, 2.05) is 25.3 Å². The van der Waals surface area contributed by atoms with Crippen molar-refractivity contribution < 1.29 is 4.42 Å². The molecular weight excluding hydrogens is 138 g/mol. The molecule has 0 aliphatic rings. The first-order valence-electron chi connectivity index (χ1n) is 3.72. The second-order valence-corrected chi connectivity index (χ2v) is 2.25. The molecule has 2 heteroatoms. The molecule has 0 fully saturated rings. The fourth-order valence-corrected chi connectivity index (χ4v) is 0.737. The van der Waals surface area contributed by atoms with Crippen LogP contribution in [-0.2, 0) is 6.54 Å². The van der Waals surface area contributed by atoms with Gasteiger partial charge in [0.15, 0.2) is 0 Å². The van der Waals surface area contributed by atoms with Crippen molar-refractivity contribution in [2.45, 2.75) is 19.9 Å². The maximum Gasteiger partial charge on any atom is 0.125 e. The number of furan rings is 1. The number of nitrogens with zero attached hydrogens (tertiary/aromatic N) is 1. The van der Waals surface area contributed by atoms with Crippen LogP contribution >= 0.6 is 0 Å². The van der Waals surface area contributed by atoms with Crippen molar-refractivity contribution in [3.63, 3.8) is 0 Å². The van der Waals surface area contributed by atoms with E-state index in [1.54, 1.807) is 6.26 Å². The van der Waals surface area contributed by atoms with Crippen molar-refractivity contribution in [2.75, 3.05) is 0 Å². The Balaban J connectivity index is 2.23. The topological polar surface area (TPSA) is 25.5 Å². The van der Waals surface area contributed by atoms with Crippen LogP contribution in [0.1, 0.15) is 19.1 Å². The minimum atomic E-state index is 0.654. The Labute approximate surface area is 66.9 Å². The van der Waals surface area contributed by atoms with Gasteiger partial charge in [-0.3, -0.25) is 4.99 Å². The van der Waals surface area contributed by atoms with E-state index in [2.05, 4.69) is 11.4 Å². The summed E-state index contributed by atoms with van der Waals surface area (Å²) in [7, 11) is 0. The van der Waals surface area contributed by atoms with Gasteiger partial charge < -0.3 is 4.42 Å². The Kier molecular flexibility index (Phi) is 3.45. The molecule has 0 spiro atoms. The van der Waals surface area contributed by atoms with Gasteiger partial charge in [-0.05, 0) is 31.2 Å². The number of hydrogen-bond acceptors (Lipinski definition) is 2. The van der Waals surface area contributed by atoms with Crippen LogP contribution in [0.25, 0.3) is 0 Å². The van der Waals surface area contributed by atoms with Crippen molar-refractivity contribution >= 4 is 6.21 Å². The third-order valence-electron chi connectivity index (χ3n) is 1.30. The van der Waals surface area contributed by atoms with E-state index in [0.717, 1.165) is 12.2 Å². The lowest BCUT2D eigenvalue weighted by molar-refractivity contribution is 0.513. The number of hydrogen-bond donors (Lipinski definition) is 0. The molecule has 59 valence electrons. The molecule has 0 aromatic carbocycles. The van der Waals surface area contributed by atoms with E-state index in [1.165, 1.54) is 0 Å². The van der Waals surface area contributed by atoms with Crippen LogP contribution in [0, 0.1) is 6.42 Å². The molecule has 1 rings (SSSR count). The molecule has 0 saturated carbocycles. The number of aliphatic imine (C=N–C) groups is 1. The fraction of sp³-hybridized carbons (Fsp3) is 0.333. The van der Waals surface area contributed by atoms with Crippen molar-refractivity contribution in [3.8, 4) is 0 Å². The van der Waals surface area contributed by atoms with E-state index in [0.29, 0.717) is 6.54 Å². The third kappa shape index (κ3) is 3.03. The highest BCUT2D eigenvalue weighted by Gasteiger charge is 1.89. The van der Waals surface area contributed by atoms with Gasteiger partial charge in [-0.25, -0.2) is 0 Å². The zero-order valence-corrected chi connectivity index (χ0v) is 6.66. The molecule has 0 aliphatic carbocycles. The van der Waals surface area contributed by atoms with Gasteiger partial charge >= 0.3 is 0 Å². The maximum atomic E-state index is 5.09. The SMILES string of the molecule is C[CH]CC=NCc1ccco1. The molecule has 1 aromatic rings. The summed E-state index contributed by atoms with van der Waals surface area (Å²) in [5, 5.41) is 0. The highest BCUT2D eigenvalue weighted by molar-refractivity contribution is 5.58. The summed E-state index contributed by atoms with van der Waals surface area (Å²) in [5.74, 6) is 0.914. The first-order chi connectivity index (χ1) is 5.43. The van der Waals surface area contributed by atoms with Crippen LogP contribution < -0.4 is 0 Å². The molecule has 0 amide bonds. The molecule has 0 atom stereocenters. The molecule has 0 saturated heterocycles. The van der Waals surface area contributed by atoms with Gasteiger partial charge in [0, 0.05) is 0 Å². The summed E-state index contributed by atoms with van der Waals surface area (Å²) in [5.41, 5.74) is 0. The quantitative estimate of drug-likeness (QED) is 0.605. The molecule has 1 heterocycles. The summed E-state index contributed by atoms with van der Waals surface area (Å²) in [6, 6.07) is 3.80. The van der Waals surface area contributed by atoms with E-state index in [9.17, 15) is 0 Å². The Morgan fingerprint density at radius 2 is 2.55 bits per heavy atom. The van der Waals surface area contributed by atoms with Crippen molar-refractivity contribution in [1.29, 1.82) is 0 Å². The molecule has 0 unspecified atom stereocenters. The molecule has 0 aliphatic heterocycles. The van der Waals surface area contributed by atoms with Gasteiger partial charge in [0.05, 0.1) is 12.8 Å². The first-order valence-corrected chi connectivity index (χ1v) is 3.72. The average molecular weight is 150 g/mol. The number of rotatable bonds is 4. The highest BCUT2D eigenvalue weighted by Crippen LogP contribution is 2.00. The molecule has 2 nitrogen and oxygen atoms in total. The molecular formula is C9H12NO. The second-order valence-electron chi connectivity index (χ2n) is 2.25. The minimum Gasteiger partial charge on any atom is -0.467 e. The fourth-order valence-electron chi connectivity index (χ4n) is 0.737. The third-order valence-corrected chi connectivity index (χ3v) is 1.30. The Hall–Kier alpha value is -1.05. The summed E-state index contributed by atoms with van der Waals surface area (Å²) in [6.45, 7) is 2.67. The van der Waals surface area contributed by atoms with Gasteiger partial charge in [-0.2, -0.15) is 0 Å². The van der Waals surface area contributed by atoms with Gasteiger partial charge in [-0.15, -0.1) is 0 Å². The normalized spacial score (nSPS) is 11.0. The van der Waals surface area contributed by atoms with Gasteiger partial charge in [-0.1, -0.05) is 6.92 Å². The molecule has 11 heavy (non-hydrogen) atoms. The predicted molar refractivity (Wildman–Crippen MR) is 45.5 cm³/mol. The summed E-state index contributed by atoms with van der Waals surface area (Å²) >= 11 is 0. The lowest BCUT2D eigenvalue weighted by Crippen LogP contribution is -1.78. The average Bonchev–Trinajstić information content (AvgIpc) is 2.50. The Bertz CT molecular complexity index is 201. The standard InChI is InChI=1S/C9H12NO/c1-2-3-6-10-8-9-5-4-7-11-9/h2,4-7H,3,8H2,1H3. The van der Waals surface area contributed by atoms with Crippen molar-refractivity contribution in [1.82, 2.24) is 0 Å². The van der Waals surface area contributed by atoms with E-state index >= 15 is 0 Å². The molecule has 0 bridgehead atoms. The van der Waals surface area contributed by atoms with E-state index < -0.39 is 0 Å². The zero-order valence-electron chi connectivity index (χ0n) is 6.66. The van der Waals surface area contributed by atoms with Crippen molar-refractivity contribution in [3.05, 3.63) is 30.6 Å². The van der Waals surface area contributed by atoms with Gasteiger partial charge in [0.2, 0.25) is 0 Å². The number of unbranched alkanes of at least 4 members (excludes halogenated alkanes) is 1. The molecule has 1 radical (unpaired) electrons. The van der Waals surface area contributed by atoms with Crippen LogP contribution in [0.2, 0.25) is 0 Å². The first kappa shape index (κ1) is 8.05. The van der Waals surface area contributed by atoms with Crippen molar-refractivity contribution in [2.24, 2.45) is 4.99 Å². The Morgan fingerprint density at radius 1 is 1.64 bits per heavy atom. The van der Waals surface area contributed by atoms with Crippen LogP contribution in [0.5, 0.6) is 0 Å². The van der Waals surface area contributed by atoms with Crippen LogP contribution in [-0.4, -0.2) is 6.21 Å². The summed E-state index contributed by atoms with van der Waals surface area (Å²) in [4.78, 5) is 4.15. The lowest BCUT2D eigenvalue weighted by atomic mass is 10.4. The lowest BCUT2D eigenvalue weighted by Gasteiger charge is -1.87. The van der Waals surface area contributed by atoms with E-state index in [4.69, 9.17) is 4.42 Å². The summed E-state index contributed by atoms with van der Waals surface area (Å²) < 4.78 is 5.09. The summed E-state index contributed by atoms with van der Waals surface area (Å²) in [6.07, 6.45) is 6.55. The smallest absolute Gasteiger partial charge is 0.125 e. The Morgan fingerprint density at radius 3 is 3.18 bits per heavy atom. The van der Waals surface area contributed by atoms with Crippen LogP contribution in [0.15, 0.2) is 27.8 Å². The van der Waals surface area contributed by atoms with Gasteiger partial charge in [0.25, 0.3) is 0 Å². The largest absolute Gasteiger partial charge is 0.467 e. The van der Waals surface area contributed by atoms with Crippen LogP contribution in [0.3, 0.4) is 0 Å². The zero-order chi connectivity index (χ0) is 7.94. The highest BCUT2D eigenvalue weighted by atomic mass is 16.3. The maximum absolute atomic E-state index is 5.09. The van der Waals surface area contributed by atoms with Gasteiger partial charge in [0.1, 0.15) is 5.76 Å². The monoisotopic (exact) mass is 150 g/mol. The molecule has 1 aromatic heterocycles. The van der Waals surface area contributed by atoms with E-state index in [-0.39, 0.29) is 0 Å². The second kappa shape index (κ2) is 4.72.